The third-order valence-corrected chi connectivity index (χ3v) is 5.97. The molecule has 1 heteroatoms. The normalized spacial score (nSPS) is 12.4. The number of carbonyl (C=O) groups is 1. The zero-order chi connectivity index (χ0) is 26.1. The topological polar surface area (TPSA) is 17.1 Å². The molecule has 0 bridgehead atoms. The van der Waals surface area contributed by atoms with Gasteiger partial charge in [-0.25, -0.2) is 0 Å². The number of carbonyl (C=O) groups excluding carboxylic acids is 1. The molecule has 0 N–H and O–H groups in total. The van der Waals surface area contributed by atoms with Gasteiger partial charge in [0.25, 0.3) is 5.78 Å². The molecule has 0 saturated heterocycles. The minimum absolute atomic E-state index is 0.00430. The van der Waals surface area contributed by atoms with Crippen molar-refractivity contribution in [2.75, 3.05) is 0 Å². The molecular formula is C33H42O. The predicted octanol–water partition coefficient (Wildman–Crippen LogP) is 7.85. The predicted molar refractivity (Wildman–Crippen MR) is 146 cm³/mol. The van der Waals surface area contributed by atoms with Gasteiger partial charge in [0.1, 0.15) is 0 Å². The molecule has 0 aliphatic carbocycles. The van der Waals surface area contributed by atoms with E-state index < -0.39 is 0 Å². The van der Waals surface area contributed by atoms with Gasteiger partial charge in [-0.1, -0.05) is 107 Å². The van der Waals surface area contributed by atoms with E-state index in [1.807, 2.05) is 0 Å². The second kappa shape index (κ2) is 9.47. The highest BCUT2D eigenvalue weighted by Crippen LogP contribution is 2.31. The number of hydrogen-bond donors (Lipinski definition) is 0. The summed E-state index contributed by atoms with van der Waals surface area (Å²) in [5, 5.41) is 0. The van der Waals surface area contributed by atoms with Crippen molar-refractivity contribution in [3.8, 4) is 23.7 Å². The van der Waals surface area contributed by atoms with E-state index >= 15 is 0 Å². The molecule has 2 rings (SSSR count). The summed E-state index contributed by atoms with van der Waals surface area (Å²) in [6.07, 6.45) is 0. The van der Waals surface area contributed by atoms with Crippen LogP contribution in [0.25, 0.3) is 0 Å². The summed E-state index contributed by atoms with van der Waals surface area (Å²) in [6.45, 7) is 26.3. The first-order valence-electron chi connectivity index (χ1n) is 12.2. The minimum atomic E-state index is -0.364. The average Bonchev–Trinajstić information content (AvgIpc) is 2.67. The fraction of sp³-hybridized carbons (Fsp3) is 0.485. The second-order valence-electron chi connectivity index (χ2n) is 13.4. The quantitative estimate of drug-likeness (QED) is 0.370. The summed E-state index contributed by atoms with van der Waals surface area (Å²) in [7, 11) is 0. The lowest BCUT2D eigenvalue weighted by Gasteiger charge is -2.25. The number of ketones is 1. The number of Topliss-reactive ketones (excluding diaryl/α,β-unsaturated/α-hetero) is 1. The van der Waals surface area contributed by atoms with E-state index in [1.165, 1.54) is 22.3 Å². The second-order valence-corrected chi connectivity index (χ2v) is 13.4. The van der Waals surface area contributed by atoms with Crippen LogP contribution in [0.4, 0.5) is 0 Å². The summed E-state index contributed by atoms with van der Waals surface area (Å²) < 4.78 is 0. The summed E-state index contributed by atoms with van der Waals surface area (Å²) in [5.74, 6) is 11.3. The van der Waals surface area contributed by atoms with Crippen molar-refractivity contribution in [3.05, 3.63) is 69.8 Å². The SMILES string of the molecule is CC(C)(C)c1cc(C#CC(=O)C#Cc2cc(C(C)(C)C)cc(C(C)(C)C)c2)cc(C(C)(C)C)c1. The molecule has 2 aromatic carbocycles. The summed E-state index contributed by atoms with van der Waals surface area (Å²) in [5.41, 5.74) is 6.61. The van der Waals surface area contributed by atoms with Crippen LogP contribution in [0.2, 0.25) is 0 Å². The van der Waals surface area contributed by atoms with Gasteiger partial charge in [-0.15, -0.1) is 0 Å². The molecule has 0 unspecified atom stereocenters. The van der Waals surface area contributed by atoms with Crippen molar-refractivity contribution in [2.45, 2.75) is 105 Å². The Labute approximate surface area is 208 Å². The van der Waals surface area contributed by atoms with E-state index in [9.17, 15) is 4.79 Å². The van der Waals surface area contributed by atoms with Crippen molar-refractivity contribution >= 4 is 5.78 Å². The highest BCUT2D eigenvalue weighted by molar-refractivity contribution is 6.09. The number of rotatable bonds is 0. The Morgan fingerprint density at radius 1 is 0.471 bits per heavy atom. The standard InChI is InChI=1S/C33H42O/c1-30(2,3)25-17-23(18-26(21-25)31(4,5)6)13-15-29(34)16-14-24-19-27(32(7,8)9)22-28(20-24)33(10,11)12/h17-22H,1-12H3. The molecule has 2 aromatic rings. The molecule has 1 nitrogen and oxygen atoms in total. The van der Waals surface area contributed by atoms with Gasteiger partial charge in [-0.2, -0.15) is 0 Å². The minimum Gasteiger partial charge on any atom is -0.270 e. The molecule has 0 aliphatic rings. The number of benzene rings is 2. The van der Waals surface area contributed by atoms with Gasteiger partial charge in [-0.3, -0.25) is 4.79 Å². The summed E-state index contributed by atoms with van der Waals surface area (Å²) in [6, 6.07) is 12.9. The fourth-order valence-electron chi connectivity index (χ4n) is 3.42. The molecule has 0 amide bonds. The Bertz CT molecular complexity index is 1030. The van der Waals surface area contributed by atoms with Crippen molar-refractivity contribution < 1.29 is 4.79 Å². The highest BCUT2D eigenvalue weighted by atomic mass is 16.1. The summed E-state index contributed by atoms with van der Waals surface area (Å²) in [4.78, 5) is 12.6. The van der Waals surface area contributed by atoms with Gasteiger partial charge in [0, 0.05) is 11.1 Å². The first kappa shape index (κ1) is 27.5. The molecule has 0 atom stereocenters. The van der Waals surface area contributed by atoms with Gasteiger partial charge in [0.05, 0.1) is 0 Å². The Hall–Kier alpha value is -2.77. The molecule has 0 heterocycles. The van der Waals surface area contributed by atoms with E-state index in [0.29, 0.717) is 0 Å². The third-order valence-electron chi connectivity index (χ3n) is 5.97. The Morgan fingerprint density at radius 2 is 0.706 bits per heavy atom. The van der Waals surface area contributed by atoms with Gasteiger partial charge in [0.15, 0.2) is 0 Å². The van der Waals surface area contributed by atoms with Crippen LogP contribution < -0.4 is 0 Å². The highest BCUT2D eigenvalue weighted by Gasteiger charge is 2.21. The van der Waals surface area contributed by atoms with Gasteiger partial charge >= 0.3 is 0 Å². The van der Waals surface area contributed by atoms with Crippen LogP contribution in [0.5, 0.6) is 0 Å². The van der Waals surface area contributed by atoms with Crippen LogP contribution in [0.1, 0.15) is 116 Å². The van der Waals surface area contributed by atoms with E-state index in [2.05, 4.69) is 143 Å². The first-order valence-corrected chi connectivity index (χ1v) is 12.2. The van der Waals surface area contributed by atoms with Gasteiger partial charge < -0.3 is 0 Å². The monoisotopic (exact) mass is 454 g/mol. The van der Waals surface area contributed by atoms with Crippen molar-refractivity contribution in [2.24, 2.45) is 0 Å². The summed E-state index contributed by atoms with van der Waals surface area (Å²) >= 11 is 0. The average molecular weight is 455 g/mol. The van der Waals surface area contributed by atoms with Gasteiger partial charge in [-0.05, 0) is 80.0 Å². The molecule has 34 heavy (non-hydrogen) atoms. The Balaban J connectivity index is 2.44. The van der Waals surface area contributed by atoms with Gasteiger partial charge in [0.2, 0.25) is 0 Å². The lowest BCUT2D eigenvalue weighted by atomic mass is 9.79. The van der Waals surface area contributed by atoms with E-state index in [0.717, 1.165) is 11.1 Å². The fourth-order valence-corrected chi connectivity index (χ4v) is 3.42. The van der Waals surface area contributed by atoms with Crippen LogP contribution in [0, 0.1) is 23.7 Å². The molecule has 0 aromatic heterocycles. The number of hydrogen-bond acceptors (Lipinski definition) is 1. The zero-order valence-electron chi connectivity index (χ0n) is 23.4. The molecule has 0 saturated carbocycles. The lowest BCUT2D eigenvalue weighted by Crippen LogP contribution is -2.16. The lowest BCUT2D eigenvalue weighted by molar-refractivity contribution is -0.108. The molecule has 180 valence electrons. The van der Waals surface area contributed by atoms with Crippen LogP contribution in [-0.2, 0) is 26.5 Å². The molecular weight excluding hydrogens is 412 g/mol. The van der Waals surface area contributed by atoms with Crippen molar-refractivity contribution in [1.29, 1.82) is 0 Å². The zero-order valence-corrected chi connectivity index (χ0v) is 23.4. The van der Waals surface area contributed by atoms with E-state index in [1.54, 1.807) is 0 Å². The molecule has 0 spiro atoms. The third kappa shape index (κ3) is 7.64. The smallest absolute Gasteiger partial charge is 0.270 e. The molecule has 0 aliphatic heterocycles. The molecule has 0 radical (unpaired) electrons. The van der Waals surface area contributed by atoms with Crippen LogP contribution in [-0.4, -0.2) is 5.78 Å². The van der Waals surface area contributed by atoms with Crippen molar-refractivity contribution in [3.63, 3.8) is 0 Å². The largest absolute Gasteiger partial charge is 0.279 e. The van der Waals surface area contributed by atoms with Crippen LogP contribution >= 0.6 is 0 Å². The maximum Gasteiger partial charge on any atom is 0.279 e. The maximum atomic E-state index is 12.6. The van der Waals surface area contributed by atoms with E-state index in [-0.39, 0.29) is 27.4 Å². The van der Waals surface area contributed by atoms with Crippen LogP contribution in [0.15, 0.2) is 36.4 Å². The molecule has 0 fully saturated rings. The van der Waals surface area contributed by atoms with E-state index in [4.69, 9.17) is 0 Å². The Morgan fingerprint density at radius 3 is 0.912 bits per heavy atom. The van der Waals surface area contributed by atoms with Crippen molar-refractivity contribution in [1.82, 2.24) is 0 Å². The first-order chi connectivity index (χ1) is 15.3. The van der Waals surface area contributed by atoms with Crippen LogP contribution in [0.3, 0.4) is 0 Å². The Kier molecular flexibility index (Phi) is 7.65. The maximum absolute atomic E-state index is 12.6.